The molecule has 1 aromatic heterocycles. The van der Waals surface area contributed by atoms with Crippen LogP contribution in [-0.4, -0.2) is 29.1 Å². The van der Waals surface area contributed by atoms with E-state index in [4.69, 9.17) is 4.74 Å². The van der Waals surface area contributed by atoms with Crippen LogP contribution < -0.4 is 10.6 Å². The molecule has 0 fully saturated rings. The highest BCUT2D eigenvalue weighted by atomic mass is 16.5. The fraction of sp³-hybridized carbons (Fsp3) is 0.304. The van der Waals surface area contributed by atoms with Crippen molar-refractivity contribution in [2.45, 2.75) is 45.4 Å². The molecule has 0 aliphatic rings. The number of amides is 2. The molecule has 2 amide bonds. The van der Waals surface area contributed by atoms with Crippen molar-refractivity contribution in [3.63, 3.8) is 0 Å². The number of rotatable bonds is 8. The molecule has 0 spiro atoms. The average molecular weight is 393 g/mol. The van der Waals surface area contributed by atoms with Gasteiger partial charge in [-0.15, -0.1) is 0 Å². The first-order valence-electron chi connectivity index (χ1n) is 9.89. The van der Waals surface area contributed by atoms with Gasteiger partial charge < -0.3 is 20.4 Å². The second-order valence-corrected chi connectivity index (χ2v) is 7.14. The van der Waals surface area contributed by atoms with Crippen molar-refractivity contribution in [3.8, 4) is 0 Å². The molecule has 2 aromatic carbocycles. The molecule has 0 radical (unpaired) electrons. The maximum Gasteiger partial charge on any atom is 0.408 e. The Labute approximate surface area is 170 Å². The molecule has 3 N–H and O–H groups in total. The van der Waals surface area contributed by atoms with Gasteiger partial charge in [0.1, 0.15) is 12.6 Å². The number of aromatic amines is 1. The average Bonchev–Trinajstić information content (AvgIpc) is 3.14. The Bertz CT molecular complexity index is 952. The molecule has 0 saturated carbocycles. The summed E-state index contributed by atoms with van der Waals surface area (Å²) < 4.78 is 5.21. The van der Waals surface area contributed by atoms with E-state index in [1.807, 2.05) is 68.6 Å². The van der Waals surface area contributed by atoms with Gasteiger partial charge in [0.2, 0.25) is 5.91 Å². The normalized spacial score (nSPS) is 12.9. The molecule has 1 heterocycles. The van der Waals surface area contributed by atoms with Gasteiger partial charge in [0.05, 0.1) is 0 Å². The lowest BCUT2D eigenvalue weighted by Gasteiger charge is -2.20. The Morgan fingerprint density at radius 1 is 1.03 bits per heavy atom. The molecule has 0 bridgehead atoms. The topological polar surface area (TPSA) is 83.2 Å². The van der Waals surface area contributed by atoms with Gasteiger partial charge in [-0.1, -0.05) is 55.5 Å². The Hall–Kier alpha value is -3.28. The second-order valence-electron chi connectivity index (χ2n) is 7.14. The third-order valence-electron chi connectivity index (χ3n) is 4.82. The molecule has 6 heteroatoms. The number of benzene rings is 2. The van der Waals surface area contributed by atoms with Gasteiger partial charge in [-0.2, -0.15) is 0 Å². The van der Waals surface area contributed by atoms with Gasteiger partial charge in [-0.25, -0.2) is 4.79 Å². The minimum Gasteiger partial charge on any atom is -0.445 e. The summed E-state index contributed by atoms with van der Waals surface area (Å²) in [6, 6.07) is 16.8. The van der Waals surface area contributed by atoms with Crippen LogP contribution in [0.5, 0.6) is 0 Å². The molecular weight excluding hydrogens is 366 g/mol. The van der Waals surface area contributed by atoms with Gasteiger partial charge in [0, 0.05) is 23.1 Å². The van der Waals surface area contributed by atoms with E-state index in [9.17, 15) is 9.59 Å². The van der Waals surface area contributed by atoms with Gasteiger partial charge in [0.15, 0.2) is 0 Å². The lowest BCUT2D eigenvalue weighted by molar-refractivity contribution is -0.123. The largest absolute Gasteiger partial charge is 0.445 e. The van der Waals surface area contributed by atoms with Crippen LogP contribution in [0.15, 0.2) is 60.8 Å². The second kappa shape index (κ2) is 9.78. The van der Waals surface area contributed by atoms with E-state index < -0.39 is 12.1 Å². The Morgan fingerprint density at radius 3 is 2.52 bits per heavy atom. The minimum atomic E-state index is -0.635. The first-order valence-corrected chi connectivity index (χ1v) is 9.89. The van der Waals surface area contributed by atoms with E-state index in [-0.39, 0.29) is 18.6 Å². The summed E-state index contributed by atoms with van der Waals surface area (Å²) in [5.74, 6) is -0.212. The number of carbonyl (C=O) groups excluding carboxylic acids is 2. The van der Waals surface area contributed by atoms with E-state index in [1.165, 1.54) is 0 Å². The van der Waals surface area contributed by atoms with E-state index in [0.717, 1.165) is 22.0 Å². The Balaban J connectivity index is 1.50. The summed E-state index contributed by atoms with van der Waals surface area (Å²) in [6.45, 7) is 3.98. The summed E-state index contributed by atoms with van der Waals surface area (Å²) >= 11 is 0. The monoisotopic (exact) mass is 393 g/mol. The number of nitrogens with one attached hydrogen (secondary N) is 3. The molecule has 6 nitrogen and oxygen atoms in total. The van der Waals surface area contributed by atoms with Crippen molar-refractivity contribution in [1.82, 2.24) is 15.6 Å². The molecule has 0 aliphatic carbocycles. The number of H-pyrrole nitrogens is 1. The number of para-hydroxylation sites is 1. The molecule has 2 atom stereocenters. The van der Waals surface area contributed by atoms with Crippen LogP contribution in [0.3, 0.4) is 0 Å². The van der Waals surface area contributed by atoms with Crippen LogP contribution in [0.4, 0.5) is 4.79 Å². The zero-order valence-corrected chi connectivity index (χ0v) is 16.8. The van der Waals surface area contributed by atoms with E-state index >= 15 is 0 Å². The Morgan fingerprint density at radius 2 is 1.76 bits per heavy atom. The lowest BCUT2D eigenvalue weighted by atomic mass is 10.1. The predicted molar refractivity (Wildman–Crippen MR) is 113 cm³/mol. The highest BCUT2D eigenvalue weighted by Crippen LogP contribution is 2.19. The zero-order valence-electron chi connectivity index (χ0n) is 16.8. The molecule has 152 valence electrons. The van der Waals surface area contributed by atoms with E-state index in [0.29, 0.717) is 12.8 Å². The van der Waals surface area contributed by atoms with Gasteiger partial charge >= 0.3 is 6.09 Å². The van der Waals surface area contributed by atoms with Crippen LogP contribution in [-0.2, 0) is 22.6 Å². The maximum absolute atomic E-state index is 12.6. The van der Waals surface area contributed by atoms with Gasteiger partial charge in [-0.05, 0) is 37.0 Å². The summed E-state index contributed by atoms with van der Waals surface area (Å²) in [4.78, 5) is 27.9. The molecule has 29 heavy (non-hydrogen) atoms. The van der Waals surface area contributed by atoms with Crippen LogP contribution in [0.25, 0.3) is 10.9 Å². The molecule has 3 rings (SSSR count). The van der Waals surface area contributed by atoms with Crippen molar-refractivity contribution in [2.24, 2.45) is 0 Å². The predicted octanol–water partition coefficient (Wildman–Crippen LogP) is 3.92. The third kappa shape index (κ3) is 5.60. The van der Waals surface area contributed by atoms with Crippen molar-refractivity contribution < 1.29 is 14.3 Å². The van der Waals surface area contributed by atoms with Gasteiger partial charge in [-0.3, -0.25) is 4.79 Å². The van der Waals surface area contributed by atoms with Crippen molar-refractivity contribution in [1.29, 1.82) is 0 Å². The van der Waals surface area contributed by atoms with Crippen LogP contribution in [0.2, 0.25) is 0 Å². The van der Waals surface area contributed by atoms with Crippen molar-refractivity contribution >= 4 is 22.9 Å². The van der Waals surface area contributed by atoms with E-state index in [1.54, 1.807) is 0 Å². The quantitative estimate of drug-likeness (QED) is 0.542. The first kappa shape index (κ1) is 20.5. The maximum atomic E-state index is 12.6. The Kier molecular flexibility index (Phi) is 6.89. The van der Waals surface area contributed by atoms with Crippen LogP contribution in [0.1, 0.15) is 31.4 Å². The number of alkyl carbamates (subject to hydrolysis) is 1. The molecule has 1 unspecified atom stereocenters. The van der Waals surface area contributed by atoms with E-state index in [2.05, 4.69) is 21.7 Å². The fourth-order valence-electron chi connectivity index (χ4n) is 3.28. The van der Waals surface area contributed by atoms with Crippen molar-refractivity contribution in [2.75, 3.05) is 0 Å². The lowest BCUT2D eigenvalue weighted by Crippen LogP contribution is -2.49. The highest BCUT2D eigenvalue weighted by Gasteiger charge is 2.21. The zero-order chi connectivity index (χ0) is 20.6. The SMILES string of the molecule is CC[C@H](NC(=O)OCc1ccccc1)C(=O)NC(C)Cc1c[nH]c2ccccc12. The first-order chi connectivity index (χ1) is 14.1. The van der Waals surface area contributed by atoms with Crippen molar-refractivity contribution in [3.05, 3.63) is 71.9 Å². The minimum absolute atomic E-state index is 0.0714. The van der Waals surface area contributed by atoms with Gasteiger partial charge in [0.25, 0.3) is 0 Å². The molecule has 0 saturated heterocycles. The number of hydrogen-bond acceptors (Lipinski definition) is 3. The third-order valence-corrected chi connectivity index (χ3v) is 4.82. The summed E-state index contributed by atoms with van der Waals surface area (Å²) in [6.07, 6.45) is 2.56. The summed E-state index contributed by atoms with van der Waals surface area (Å²) in [5, 5.41) is 6.80. The molecular formula is C23H27N3O3. The smallest absolute Gasteiger partial charge is 0.408 e. The summed E-state index contributed by atoms with van der Waals surface area (Å²) in [5.41, 5.74) is 3.12. The standard InChI is InChI=1S/C23H27N3O3/c1-3-20(26-23(28)29-15-17-9-5-4-6-10-17)22(27)25-16(2)13-18-14-24-21-12-8-7-11-19(18)21/h4-12,14,16,20,24H,3,13,15H2,1-2H3,(H,25,27)(H,26,28)/t16?,20-/m0/s1. The van der Waals surface area contributed by atoms with Crippen LogP contribution >= 0.6 is 0 Å². The molecule has 0 aliphatic heterocycles. The number of carbonyl (C=O) groups is 2. The number of hydrogen-bond donors (Lipinski definition) is 3. The fourth-order valence-corrected chi connectivity index (χ4v) is 3.28. The van der Waals surface area contributed by atoms with Crippen LogP contribution in [0, 0.1) is 0 Å². The number of fused-ring (bicyclic) bond motifs is 1. The number of ether oxygens (including phenoxy) is 1. The molecule has 3 aromatic rings. The summed E-state index contributed by atoms with van der Waals surface area (Å²) in [7, 11) is 0. The number of aromatic nitrogens is 1. The highest BCUT2D eigenvalue weighted by molar-refractivity contribution is 5.86.